The summed E-state index contributed by atoms with van der Waals surface area (Å²) in [6.07, 6.45) is 0. The third kappa shape index (κ3) is 2.90. The van der Waals surface area contributed by atoms with Crippen LogP contribution in [0.3, 0.4) is 0 Å². The number of hydrogen-bond acceptors (Lipinski definition) is 3. The molecule has 1 rings (SSSR count). The van der Waals surface area contributed by atoms with Crippen molar-refractivity contribution >= 4 is 23.1 Å². The SMILES string of the molecule is CC(=O)C(C(N)=O)=[N+](C)N(C)c1ccccc1. The summed E-state index contributed by atoms with van der Waals surface area (Å²) in [4.78, 5) is 22.6. The highest BCUT2D eigenvalue weighted by Gasteiger charge is 2.26. The Bertz CT molecular complexity index is 450. The fraction of sp³-hybridized carbons (Fsp3) is 0.250. The maximum Gasteiger partial charge on any atom is 0.336 e. The molecule has 0 bridgehead atoms. The lowest BCUT2D eigenvalue weighted by atomic mass is 10.2. The minimum atomic E-state index is -0.734. The highest BCUT2D eigenvalue weighted by atomic mass is 16.2. The molecule has 2 N–H and O–H groups in total. The van der Waals surface area contributed by atoms with Crippen molar-refractivity contribution in [3.8, 4) is 0 Å². The van der Waals surface area contributed by atoms with E-state index in [-0.39, 0.29) is 11.5 Å². The highest BCUT2D eigenvalue weighted by Crippen LogP contribution is 2.10. The molecule has 0 radical (unpaired) electrons. The van der Waals surface area contributed by atoms with Gasteiger partial charge in [-0.3, -0.25) is 9.59 Å². The van der Waals surface area contributed by atoms with Gasteiger partial charge in [0.25, 0.3) is 0 Å². The molecule has 0 aromatic heterocycles. The molecule has 17 heavy (non-hydrogen) atoms. The lowest BCUT2D eigenvalue weighted by Crippen LogP contribution is -2.43. The Morgan fingerprint density at radius 2 is 1.76 bits per heavy atom. The molecule has 0 heterocycles. The minimum absolute atomic E-state index is 0.0450. The molecule has 5 nitrogen and oxygen atoms in total. The van der Waals surface area contributed by atoms with Crippen molar-refractivity contribution in [1.82, 2.24) is 0 Å². The first-order chi connectivity index (χ1) is 7.95. The number of hydrazine groups is 1. The third-order valence-corrected chi connectivity index (χ3v) is 2.47. The summed E-state index contributed by atoms with van der Waals surface area (Å²) in [5.74, 6) is -1.09. The number of hydrazone groups is 1. The van der Waals surface area contributed by atoms with Crippen LogP contribution < -0.4 is 10.7 Å². The molecule has 0 spiro atoms. The van der Waals surface area contributed by atoms with Gasteiger partial charge in [-0.25, -0.2) is 0 Å². The van der Waals surface area contributed by atoms with Gasteiger partial charge in [0.15, 0.2) is 7.05 Å². The van der Waals surface area contributed by atoms with E-state index in [2.05, 4.69) is 0 Å². The Labute approximate surface area is 100 Å². The summed E-state index contributed by atoms with van der Waals surface area (Å²) >= 11 is 0. The summed E-state index contributed by atoms with van der Waals surface area (Å²) in [5, 5.41) is 1.68. The third-order valence-electron chi connectivity index (χ3n) is 2.47. The zero-order valence-electron chi connectivity index (χ0n) is 10.2. The zero-order chi connectivity index (χ0) is 13.0. The molecular formula is C12H16N3O2+. The first kappa shape index (κ1) is 12.9. The van der Waals surface area contributed by atoms with E-state index < -0.39 is 5.91 Å². The van der Waals surface area contributed by atoms with Crippen molar-refractivity contribution in [3.63, 3.8) is 0 Å². The number of anilines is 1. The average Bonchev–Trinajstić information content (AvgIpc) is 2.28. The molecule has 0 saturated heterocycles. The number of primary amides is 1. The Morgan fingerprint density at radius 1 is 1.24 bits per heavy atom. The van der Waals surface area contributed by atoms with Gasteiger partial charge in [-0.15, -0.1) is 4.68 Å². The first-order valence-corrected chi connectivity index (χ1v) is 5.15. The number of nitrogens with zero attached hydrogens (tertiary/aromatic N) is 2. The van der Waals surface area contributed by atoms with Crippen LogP contribution in [0.4, 0.5) is 5.69 Å². The number of hydrogen-bond donors (Lipinski definition) is 1. The summed E-state index contributed by atoms with van der Waals surface area (Å²) < 4.78 is 1.44. The number of ketones is 1. The molecule has 1 amide bonds. The Hall–Kier alpha value is -2.17. The molecule has 0 atom stereocenters. The van der Waals surface area contributed by atoms with E-state index in [4.69, 9.17) is 5.73 Å². The van der Waals surface area contributed by atoms with E-state index in [9.17, 15) is 9.59 Å². The number of benzene rings is 1. The molecule has 0 aliphatic rings. The van der Waals surface area contributed by atoms with E-state index >= 15 is 0 Å². The van der Waals surface area contributed by atoms with Gasteiger partial charge in [0, 0.05) is 6.92 Å². The van der Waals surface area contributed by atoms with Gasteiger partial charge in [0.1, 0.15) is 0 Å². The van der Waals surface area contributed by atoms with Crippen LogP contribution in [0.1, 0.15) is 6.92 Å². The Kier molecular flexibility index (Phi) is 3.98. The van der Waals surface area contributed by atoms with E-state index in [1.165, 1.54) is 11.6 Å². The smallest absolute Gasteiger partial charge is 0.336 e. The lowest BCUT2D eigenvalue weighted by molar-refractivity contribution is -0.505. The largest absolute Gasteiger partial charge is 0.360 e. The second-order valence-electron chi connectivity index (χ2n) is 3.65. The summed E-state index contributed by atoms with van der Waals surface area (Å²) in [7, 11) is 3.37. The number of para-hydroxylation sites is 1. The standard InChI is InChI=1S/C12H15N3O2/c1-9(16)11(12(13)17)15(3)14(2)10-7-5-4-6-8-10/h4-8H,1-3H3,(H-,13,17)/p+1. The van der Waals surface area contributed by atoms with E-state index in [1.807, 2.05) is 30.3 Å². The molecule has 1 aromatic rings. The number of carbonyl (C=O) groups excluding carboxylic acids is 2. The lowest BCUT2D eigenvalue weighted by Gasteiger charge is -2.14. The number of rotatable bonds is 4. The predicted octanol–water partition coefficient (Wildman–Crippen LogP) is 0.195. The van der Waals surface area contributed by atoms with E-state index in [0.29, 0.717) is 0 Å². The van der Waals surface area contributed by atoms with Gasteiger partial charge in [-0.05, 0) is 12.1 Å². The highest BCUT2D eigenvalue weighted by molar-refractivity contribution is 6.63. The summed E-state index contributed by atoms with van der Waals surface area (Å²) in [6.45, 7) is 1.31. The molecule has 0 saturated carbocycles. The minimum Gasteiger partial charge on any atom is -0.360 e. The van der Waals surface area contributed by atoms with Crippen molar-refractivity contribution in [2.24, 2.45) is 5.73 Å². The van der Waals surface area contributed by atoms with Crippen LogP contribution in [0.15, 0.2) is 30.3 Å². The molecule has 0 unspecified atom stereocenters. The van der Waals surface area contributed by atoms with Crippen molar-refractivity contribution in [1.29, 1.82) is 0 Å². The first-order valence-electron chi connectivity index (χ1n) is 5.15. The maximum absolute atomic E-state index is 11.4. The number of amides is 1. The second kappa shape index (κ2) is 5.25. The fourth-order valence-electron chi connectivity index (χ4n) is 1.53. The summed E-state index contributed by atoms with van der Waals surface area (Å²) in [5.41, 5.74) is 6.00. The van der Waals surface area contributed by atoms with Crippen LogP contribution in [0.5, 0.6) is 0 Å². The molecule has 0 fully saturated rings. The molecule has 90 valence electrons. The second-order valence-corrected chi connectivity index (χ2v) is 3.65. The molecule has 1 aromatic carbocycles. The van der Waals surface area contributed by atoms with Crippen LogP contribution in [0, 0.1) is 0 Å². The van der Waals surface area contributed by atoms with E-state index in [0.717, 1.165) is 5.69 Å². The topological polar surface area (TPSA) is 66.4 Å². The number of nitrogens with two attached hydrogens (primary N) is 1. The zero-order valence-corrected chi connectivity index (χ0v) is 10.2. The van der Waals surface area contributed by atoms with Crippen LogP contribution in [0.2, 0.25) is 0 Å². The number of Topliss-reactive ketones (excluding diaryl/α,β-unsaturated/α-hetero) is 1. The van der Waals surface area contributed by atoms with Gasteiger partial charge in [-0.2, -0.15) is 5.01 Å². The van der Waals surface area contributed by atoms with Gasteiger partial charge >= 0.3 is 11.6 Å². The van der Waals surface area contributed by atoms with Crippen LogP contribution in [0.25, 0.3) is 0 Å². The molecule has 0 aliphatic heterocycles. The Morgan fingerprint density at radius 3 is 2.18 bits per heavy atom. The quantitative estimate of drug-likeness (QED) is 0.350. The van der Waals surface area contributed by atoms with Crippen molar-refractivity contribution in [3.05, 3.63) is 30.3 Å². The fourth-order valence-corrected chi connectivity index (χ4v) is 1.53. The van der Waals surface area contributed by atoms with Crippen molar-refractivity contribution < 1.29 is 14.3 Å². The monoisotopic (exact) mass is 234 g/mol. The van der Waals surface area contributed by atoms with Crippen LogP contribution >= 0.6 is 0 Å². The normalized spacial score (nSPS) is 11.7. The van der Waals surface area contributed by atoms with E-state index in [1.54, 1.807) is 19.1 Å². The van der Waals surface area contributed by atoms with Crippen molar-refractivity contribution in [2.45, 2.75) is 6.92 Å². The molecular weight excluding hydrogens is 218 g/mol. The van der Waals surface area contributed by atoms with Crippen LogP contribution in [-0.2, 0) is 9.59 Å². The molecule has 0 aliphatic carbocycles. The Balaban J connectivity index is 3.19. The van der Waals surface area contributed by atoms with Crippen molar-refractivity contribution in [2.75, 3.05) is 19.1 Å². The summed E-state index contributed by atoms with van der Waals surface area (Å²) in [6, 6.07) is 9.38. The van der Waals surface area contributed by atoms with Gasteiger partial charge < -0.3 is 5.73 Å². The van der Waals surface area contributed by atoms with Gasteiger partial charge in [0.05, 0.1) is 12.7 Å². The number of carbonyl (C=O) groups is 2. The predicted molar refractivity (Wildman–Crippen MR) is 65.9 cm³/mol. The van der Waals surface area contributed by atoms with Crippen LogP contribution in [-0.4, -0.2) is 36.2 Å². The average molecular weight is 234 g/mol. The molecule has 5 heteroatoms. The van der Waals surface area contributed by atoms with Gasteiger partial charge in [-0.1, -0.05) is 18.2 Å². The van der Waals surface area contributed by atoms with Gasteiger partial charge in [0.2, 0.25) is 5.78 Å². The maximum atomic E-state index is 11.4.